The van der Waals surface area contributed by atoms with Crippen molar-refractivity contribution in [2.24, 2.45) is 0 Å². The van der Waals surface area contributed by atoms with Crippen molar-refractivity contribution in [3.8, 4) is 0 Å². The van der Waals surface area contributed by atoms with Gasteiger partial charge in [0, 0.05) is 11.1 Å². The third-order valence-electron chi connectivity index (χ3n) is 2.39. The number of benzene rings is 1. The summed E-state index contributed by atoms with van der Waals surface area (Å²) in [6.07, 6.45) is 3.65. The number of aliphatic hydroxyl groups is 2. The Morgan fingerprint density at radius 2 is 1.16 bits per heavy atom. The highest BCUT2D eigenvalue weighted by Gasteiger charge is 2.10. The highest BCUT2D eigenvalue weighted by Crippen LogP contribution is 2.05. The molecule has 0 spiro atoms. The van der Waals surface area contributed by atoms with E-state index < -0.39 is 11.9 Å². The van der Waals surface area contributed by atoms with E-state index in [4.69, 9.17) is 10.2 Å². The Balaban J connectivity index is 0. The van der Waals surface area contributed by atoms with Gasteiger partial charge in [0.25, 0.3) is 0 Å². The van der Waals surface area contributed by atoms with Crippen LogP contribution in [0, 0.1) is 0 Å². The van der Waals surface area contributed by atoms with E-state index in [2.05, 4.69) is 31.1 Å². The van der Waals surface area contributed by atoms with Crippen LogP contribution in [0.2, 0.25) is 0 Å². The molecule has 0 saturated heterocycles. The number of hydrogen-bond acceptors (Lipinski definition) is 5. The summed E-state index contributed by atoms with van der Waals surface area (Å²) < 4.78 is 4.30. The van der Waals surface area contributed by atoms with Crippen LogP contribution in [0.25, 0.3) is 12.2 Å². The normalized spacial score (nSPS) is 8.48. The predicted molar refractivity (Wildman–Crippen MR) is 102 cm³/mol. The van der Waals surface area contributed by atoms with Gasteiger partial charge in [0.1, 0.15) is 0 Å². The van der Waals surface area contributed by atoms with Crippen molar-refractivity contribution >= 4 is 24.1 Å². The van der Waals surface area contributed by atoms with E-state index in [1.165, 1.54) is 13.8 Å². The molecule has 1 rings (SSSR count). The molecule has 136 valence electrons. The molecule has 0 aromatic heterocycles. The van der Waals surface area contributed by atoms with Gasteiger partial charge in [-0.15, -0.1) is 0 Å². The van der Waals surface area contributed by atoms with Gasteiger partial charge in [-0.1, -0.05) is 62.7 Å². The number of hydrogen-bond donors (Lipinski definition) is 2. The Bertz CT molecular complexity index is 544. The lowest BCUT2D eigenvalue weighted by molar-refractivity contribution is -0.153. The summed E-state index contributed by atoms with van der Waals surface area (Å²) in [5.74, 6) is -1.42. The second-order valence-electron chi connectivity index (χ2n) is 4.76. The lowest BCUT2D eigenvalue weighted by atomic mass is 10.1. The highest BCUT2D eigenvalue weighted by molar-refractivity contribution is 6.00. The first-order valence-corrected chi connectivity index (χ1v) is 7.37. The Kier molecular flexibility index (Phi) is 14.5. The van der Waals surface area contributed by atoms with Crippen LogP contribution in [-0.2, 0) is 14.3 Å². The van der Waals surface area contributed by atoms with Crippen LogP contribution in [0.15, 0.2) is 61.7 Å². The Hall–Kier alpha value is -2.76. The van der Waals surface area contributed by atoms with Gasteiger partial charge in [0.2, 0.25) is 0 Å². The molecular formula is C20H26O5. The van der Waals surface area contributed by atoms with E-state index in [0.29, 0.717) is 0 Å². The van der Waals surface area contributed by atoms with Crippen molar-refractivity contribution in [1.29, 1.82) is 0 Å². The minimum Gasteiger partial charge on any atom is -0.394 e. The number of carbonyl (C=O) groups is 2. The van der Waals surface area contributed by atoms with Gasteiger partial charge in [0.05, 0.1) is 13.2 Å². The van der Waals surface area contributed by atoms with Gasteiger partial charge in [-0.25, -0.2) is 9.59 Å². The van der Waals surface area contributed by atoms with Crippen LogP contribution in [0.4, 0.5) is 0 Å². The summed E-state index contributed by atoms with van der Waals surface area (Å²) in [7, 11) is 0. The molecule has 0 heterocycles. The molecule has 0 radical (unpaired) electrons. The van der Waals surface area contributed by atoms with Gasteiger partial charge in [0.15, 0.2) is 0 Å². The SMILES string of the molecule is C=C(C)C(=O)OC(=O)C(=C)C.C=Cc1ccc(C=C)cc1.OCCO. The van der Waals surface area contributed by atoms with Crippen molar-refractivity contribution in [3.63, 3.8) is 0 Å². The summed E-state index contributed by atoms with van der Waals surface area (Å²) in [6.45, 7) is 16.6. The Labute approximate surface area is 149 Å². The molecule has 1 aromatic rings. The molecule has 0 fully saturated rings. The largest absolute Gasteiger partial charge is 0.394 e. The second-order valence-corrected chi connectivity index (χ2v) is 4.76. The van der Waals surface area contributed by atoms with Gasteiger partial charge in [-0.05, 0) is 25.0 Å². The average Bonchev–Trinajstić information content (AvgIpc) is 2.62. The number of aliphatic hydroxyl groups excluding tert-OH is 2. The molecule has 0 unspecified atom stereocenters. The first kappa shape index (κ1) is 24.5. The maximum Gasteiger partial charge on any atom is 0.340 e. The standard InChI is InChI=1S/C10H10.C8H10O3.C2H6O2/c1-3-9-5-7-10(4-2)8-6-9;1-5(2)7(9)11-8(10)6(3)4;3-1-2-4/h3-8H,1-2H2;1,3H2,2,4H3;3-4H,1-2H2. The molecule has 5 heteroatoms. The predicted octanol–water partition coefficient (Wildman–Crippen LogP) is 3.15. The molecule has 5 nitrogen and oxygen atoms in total. The maximum atomic E-state index is 10.7. The minimum atomic E-state index is -0.710. The smallest absolute Gasteiger partial charge is 0.340 e. The molecule has 0 aliphatic carbocycles. The van der Waals surface area contributed by atoms with E-state index in [0.717, 1.165) is 11.1 Å². The molecule has 1 aromatic carbocycles. The van der Waals surface area contributed by atoms with Crippen molar-refractivity contribution in [2.45, 2.75) is 13.8 Å². The highest BCUT2D eigenvalue weighted by atomic mass is 16.6. The first-order valence-electron chi connectivity index (χ1n) is 7.37. The van der Waals surface area contributed by atoms with Crippen LogP contribution in [0.1, 0.15) is 25.0 Å². The third kappa shape index (κ3) is 13.4. The van der Waals surface area contributed by atoms with Crippen LogP contribution >= 0.6 is 0 Å². The first-order chi connectivity index (χ1) is 11.7. The zero-order chi connectivity index (χ0) is 19.8. The van der Waals surface area contributed by atoms with Crippen LogP contribution in [0.3, 0.4) is 0 Å². The molecule has 0 atom stereocenters. The monoisotopic (exact) mass is 346 g/mol. The molecule has 2 N–H and O–H groups in total. The quantitative estimate of drug-likeness (QED) is 0.486. The lowest BCUT2D eigenvalue weighted by Gasteiger charge is -1.99. The zero-order valence-corrected chi connectivity index (χ0v) is 14.8. The molecule has 0 amide bonds. The van der Waals surface area contributed by atoms with E-state index in [1.54, 1.807) is 0 Å². The van der Waals surface area contributed by atoms with Crippen molar-refractivity contribution < 1.29 is 24.5 Å². The van der Waals surface area contributed by atoms with Crippen molar-refractivity contribution in [3.05, 3.63) is 72.9 Å². The third-order valence-corrected chi connectivity index (χ3v) is 2.39. The number of esters is 2. The van der Waals surface area contributed by atoms with E-state index >= 15 is 0 Å². The van der Waals surface area contributed by atoms with E-state index in [1.807, 2.05) is 36.4 Å². The van der Waals surface area contributed by atoms with Gasteiger partial charge in [-0.3, -0.25) is 0 Å². The minimum absolute atomic E-state index is 0.125. The fourth-order valence-corrected chi connectivity index (χ4v) is 1.03. The van der Waals surface area contributed by atoms with Gasteiger partial charge >= 0.3 is 11.9 Å². The fraction of sp³-hybridized carbons (Fsp3) is 0.200. The molecule has 25 heavy (non-hydrogen) atoms. The Morgan fingerprint density at radius 3 is 1.32 bits per heavy atom. The summed E-state index contributed by atoms with van der Waals surface area (Å²) in [5.41, 5.74) is 2.68. The van der Waals surface area contributed by atoms with Gasteiger partial charge in [-0.2, -0.15) is 0 Å². The summed E-state index contributed by atoms with van der Waals surface area (Å²) in [6, 6.07) is 8.07. The topological polar surface area (TPSA) is 83.8 Å². The molecule has 0 aliphatic rings. The Morgan fingerprint density at radius 1 is 0.880 bits per heavy atom. The summed E-state index contributed by atoms with van der Waals surface area (Å²) >= 11 is 0. The summed E-state index contributed by atoms with van der Waals surface area (Å²) in [5, 5.41) is 15.2. The molecule has 0 aliphatic heterocycles. The second kappa shape index (κ2) is 14.8. The molecule has 0 bridgehead atoms. The molecule has 0 saturated carbocycles. The lowest BCUT2D eigenvalue weighted by Crippen LogP contribution is -2.12. The average molecular weight is 346 g/mol. The van der Waals surface area contributed by atoms with Crippen LogP contribution in [-0.4, -0.2) is 35.4 Å². The van der Waals surface area contributed by atoms with Crippen molar-refractivity contribution in [2.75, 3.05) is 13.2 Å². The van der Waals surface area contributed by atoms with Crippen LogP contribution < -0.4 is 0 Å². The van der Waals surface area contributed by atoms with E-state index in [-0.39, 0.29) is 24.4 Å². The number of rotatable bonds is 5. The summed E-state index contributed by atoms with van der Waals surface area (Å²) in [4.78, 5) is 21.3. The zero-order valence-electron chi connectivity index (χ0n) is 14.8. The number of carbonyl (C=O) groups excluding carboxylic acids is 2. The van der Waals surface area contributed by atoms with E-state index in [9.17, 15) is 9.59 Å². The number of ether oxygens (including phenoxy) is 1. The fourth-order valence-electron chi connectivity index (χ4n) is 1.03. The molecular weight excluding hydrogens is 320 g/mol. The van der Waals surface area contributed by atoms with Crippen molar-refractivity contribution in [1.82, 2.24) is 0 Å². The van der Waals surface area contributed by atoms with Crippen LogP contribution in [0.5, 0.6) is 0 Å². The maximum absolute atomic E-state index is 10.7. The van der Waals surface area contributed by atoms with Gasteiger partial charge < -0.3 is 14.9 Å².